The monoisotopic (exact) mass is 553 g/mol. The summed E-state index contributed by atoms with van der Waals surface area (Å²) < 4.78 is 5.13. The van der Waals surface area contributed by atoms with Gasteiger partial charge in [-0.3, -0.25) is 9.59 Å². The third-order valence-electron chi connectivity index (χ3n) is 4.97. The first kappa shape index (κ1) is 27.5. The Morgan fingerprint density at radius 3 is 2.76 bits per heavy atom. The number of hydrogen-bond acceptors (Lipinski definition) is 14. The molecule has 0 aliphatic carbocycles. The van der Waals surface area contributed by atoms with Crippen molar-refractivity contribution in [1.82, 2.24) is 15.8 Å². The van der Waals surface area contributed by atoms with Gasteiger partial charge in [-0.25, -0.2) is 14.6 Å². The number of cyclic esters (lactones) is 1. The number of ether oxygens (including phenoxy) is 1. The Bertz CT molecular complexity index is 1250. The number of thioether (sulfide) groups is 1. The van der Waals surface area contributed by atoms with E-state index in [4.69, 9.17) is 15.3 Å². The highest BCUT2D eigenvalue weighted by Crippen LogP contribution is 2.35. The molecule has 2 aromatic rings. The Kier molecular flexibility index (Phi) is 9.13. The number of nitrogens with zero attached hydrogens (tertiary/aromatic N) is 2. The highest BCUT2D eigenvalue weighted by molar-refractivity contribution is 7.98. The van der Waals surface area contributed by atoms with E-state index in [1.165, 1.54) is 19.4 Å². The Labute approximate surface area is 218 Å². The van der Waals surface area contributed by atoms with Gasteiger partial charge in [0, 0.05) is 34.1 Å². The summed E-state index contributed by atoms with van der Waals surface area (Å²) in [6.07, 6.45) is -0.276. The number of thiazole rings is 1. The van der Waals surface area contributed by atoms with E-state index in [1.54, 1.807) is 0 Å². The number of nitrogens with one attached hydrogen (secondary N) is 2. The minimum absolute atomic E-state index is 0.0231. The van der Waals surface area contributed by atoms with Crippen LogP contribution in [0.4, 0.5) is 5.13 Å². The number of carbonyl (C=O) groups excluding carboxylic acids is 4. The van der Waals surface area contributed by atoms with Crippen LogP contribution in [-0.2, 0) is 34.5 Å². The van der Waals surface area contributed by atoms with Crippen LogP contribution in [0.25, 0.3) is 0 Å². The minimum Gasteiger partial charge on any atom is -0.508 e. The summed E-state index contributed by atoms with van der Waals surface area (Å²) in [5.74, 6) is -4.01. The van der Waals surface area contributed by atoms with Crippen molar-refractivity contribution in [2.75, 3.05) is 25.2 Å². The molecule has 1 aliphatic rings. The summed E-state index contributed by atoms with van der Waals surface area (Å²) in [4.78, 5) is 63.5. The van der Waals surface area contributed by atoms with Gasteiger partial charge in [-0.05, 0) is 6.92 Å². The Morgan fingerprint density at radius 2 is 2.08 bits per heavy atom. The number of nitrogens with two attached hydrogens (primary N) is 1. The number of oxime groups is 1. The number of carbonyl (C=O) groups is 4. The number of phenolic OH excluding ortho intramolecular Hbond substituents is 2. The van der Waals surface area contributed by atoms with Gasteiger partial charge >= 0.3 is 17.8 Å². The first-order valence-electron chi connectivity index (χ1n) is 10.5. The smallest absolute Gasteiger partial charge is 0.355 e. The first-order chi connectivity index (χ1) is 17.6. The lowest BCUT2D eigenvalue weighted by Gasteiger charge is -2.20. The van der Waals surface area contributed by atoms with E-state index in [2.05, 4.69) is 20.3 Å². The molecule has 0 saturated carbocycles. The second kappa shape index (κ2) is 12.3. The second-order valence-corrected chi connectivity index (χ2v) is 9.38. The standard InChI is InChI=1S/C21H23N5O9S2/c1-9-13(27)5-14(28)10-6-36-7-12(23-15(29)3-4-34-20(32)16(9)10)19(31)35-26-18(30)17(25-33-2)11-8-37-21(22)24-11/h5,8,12,27-28H,3-4,6-7H2,1-2H3,(H2,22,24)(H,23,29)(H,26,30)/b25-17-/t12-/m0/s1. The number of benzene rings is 1. The predicted molar refractivity (Wildman–Crippen MR) is 132 cm³/mol. The average Bonchev–Trinajstić information content (AvgIpc) is 3.28. The van der Waals surface area contributed by atoms with Crippen molar-refractivity contribution in [2.24, 2.45) is 5.16 Å². The molecular formula is C21H23N5O9S2. The van der Waals surface area contributed by atoms with Crippen molar-refractivity contribution in [3.05, 3.63) is 33.8 Å². The number of fused-ring (bicyclic) bond motifs is 1. The Morgan fingerprint density at radius 1 is 1.32 bits per heavy atom. The first-order valence-corrected chi connectivity index (χ1v) is 12.6. The average molecular weight is 554 g/mol. The third-order valence-corrected chi connectivity index (χ3v) is 6.70. The Hall–Kier alpha value is -4.05. The van der Waals surface area contributed by atoms with E-state index < -0.39 is 29.8 Å². The topological polar surface area (TPSA) is 212 Å². The molecule has 14 nitrogen and oxygen atoms in total. The maximum Gasteiger partial charge on any atom is 0.355 e. The zero-order valence-electron chi connectivity index (χ0n) is 19.6. The van der Waals surface area contributed by atoms with Gasteiger partial charge in [0.2, 0.25) is 5.91 Å². The summed E-state index contributed by atoms with van der Waals surface area (Å²) in [6.45, 7) is 1.17. The number of hydrogen-bond donors (Lipinski definition) is 5. The van der Waals surface area contributed by atoms with E-state index in [1.807, 2.05) is 5.48 Å². The van der Waals surface area contributed by atoms with Crippen LogP contribution in [-0.4, -0.2) is 70.2 Å². The molecule has 0 fully saturated rings. The zero-order chi connectivity index (χ0) is 27.1. The normalized spacial score (nSPS) is 16.8. The van der Waals surface area contributed by atoms with Crippen molar-refractivity contribution in [3.8, 4) is 11.5 Å². The summed E-state index contributed by atoms with van der Waals surface area (Å²) in [5.41, 5.74) is 7.70. The molecule has 2 amide bonds. The quantitative estimate of drug-likeness (QED) is 0.197. The van der Waals surface area contributed by atoms with E-state index in [0.717, 1.165) is 29.2 Å². The van der Waals surface area contributed by atoms with Crippen LogP contribution in [0.15, 0.2) is 16.6 Å². The van der Waals surface area contributed by atoms with Gasteiger partial charge in [0.25, 0.3) is 0 Å². The van der Waals surface area contributed by atoms with Gasteiger partial charge in [0.1, 0.15) is 37.0 Å². The number of nitrogen functional groups attached to an aromatic ring is 1. The van der Waals surface area contributed by atoms with Crippen LogP contribution in [0.2, 0.25) is 0 Å². The van der Waals surface area contributed by atoms with Gasteiger partial charge in [-0.1, -0.05) is 5.16 Å². The van der Waals surface area contributed by atoms with Gasteiger partial charge in [0.05, 0.1) is 12.0 Å². The number of aromatic nitrogens is 1. The molecular weight excluding hydrogens is 530 g/mol. The van der Waals surface area contributed by atoms with Gasteiger partial charge in [0.15, 0.2) is 10.8 Å². The lowest BCUT2D eigenvalue weighted by Crippen LogP contribution is -2.47. The lowest BCUT2D eigenvalue weighted by atomic mass is 10.0. The highest BCUT2D eigenvalue weighted by atomic mass is 32.2. The molecule has 2 heterocycles. The molecule has 198 valence electrons. The van der Waals surface area contributed by atoms with Gasteiger partial charge < -0.3 is 35.7 Å². The molecule has 0 saturated heterocycles. The number of rotatable bonds is 4. The van der Waals surface area contributed by atoms with Gasteiger partial charge in [-0.15, -0.1) is 11.3 Å². The lowest BCUT2D eigenvalue weighted by molar-refractivity contribution is -0.158. The number of hydroxylamine groups is 1. The molecule has 0 spiro atoms. The van der Waals surface area contributed by atoms with Crippen molar-refractivity contribution in [3.63, 3.8) is 0 Å². The zero-order valence-corrected chi connectivity index (χ0v) is 21.2. The number of amides is 2. The molecule has 6 N–H and O–H groups in total. The molecule has 1 atom stereocenters. The van der Waals surface area contributed by atoms with E-state index >= 15 is 0 Å². The van der Waals surface area contributed by atoms with E-state index in [9.17, 15) is 29.4 Å². The molecule has 0 bridgehead atoms. The summed E-state index contributed by atoms with van der Waals surface area (Å²) in [7, 11) is 1.21. The van der Waals surface area contributed by atoms with Crippen molar-refractivity contribution in [1.29, 1.82) is 0 Å². The van der Waals surface area contributed by atoms with Crippen molar-refractivity contribution in [2.45, 2.75) is 25.1 Å². The van der Waals surface area contributed by atoms with Crippen LogP contribution in [0.3, 0.4) is 0 Å². The molecule has 1 aromatic carbocycles. The van der Waals surface area contributed by atoms with Crippen LogP contribution < -0.4 is 16.5 Å². The number of phenols is 2. The summed E-state index contributed by atoms with van der Waals surface area (Å²) >= 11 is 2.15. The van der Waals surface area contributed by atoms with Crippen molar-refractivity contribution < 1.29 is 43.8 Å². The van der Waals surface area contributed by atoms with Crippen LogP contribution in [0.1, 0.15) is 33.6 Å². The maximum absolute atomic E-state index is 12.7. The second-order valence-electron chi connectivity index (χ2n) is 7.46. The summed E-state index contributed by atoms with van der Waals surface area (Å²) in [6, 6.07) is -0.110. The maximum atomic E-state index is 12.7. The van der Waals surface area contributed by atoms with Gasteiger partial charge in [-0.2, -0.15) is 17.2 Å². The highest BCUT2D eigenvalue weighted by Gasteiger charge is 2.28. The third kappa shape index (κ3) is 6.79. The molecule has 16 heteroatoms. The molecule has 3 rings (SSSR count). The fourth-order valence-electron chi connectivity index (χ4n) is 3.16. The van der Waals surface area contributed by atoms with Crippen LogP contribution >= 0.6 is 23.1 Å². The number of anilines is 1. The summed E-state index contributed by atoms with van der Waals surface area (Å²) in [5, 5.41) is 28.0. The van der Waals surface area contributed by atoms with Crippen molar-refractivity contribution >= 4 is 57.7 Å². The Balaban J connectivity index is 1.73. The number of aromatic hydroxyl groups is 2. The predicted octanol–water partition coefficient (Wildman–Crippen LogP) is 0.349. The largest absolute Gasteiger partial charge is 0.508 e. The molecule has 0 unspecified atom stereocenters. The fourth-order valence-corrected chi connectivity index (χ4v) is 4.78. The van der Waals surface area contributed by atoms with Crippen LogP contribution in [0, 0.1) is 6.92 Å². The molecule has 1 aromatic heterocycles. The van der Waals surface area contributed by atoms with Crippen LogP contribution in [0.5, 0.6) is 11.5 Å². The van der Waals surface area contributed by atoms with E-state index in [-0.39, 0.29) is 69.3 Å². The minimum atomic E-state index is -1.21. The number of esters is 1. The molecule has 37 heavy (non-hydrogen) atoms. The molecule has 1 aliphatic heterocycles. The molecule has 0 radical (unpaired) electrons. The fraction of sp³-hybridized carbons (Fsp3) is 0.333. The SMILES string of the molecule is CO/N=C(\C(=O)NOC(=O)[C@@H]1CSCc2c(O)cc(O)c(C)c2C(=O)OCCC(=O)N1)c1csc(N)n1. The van der Waals surface area contributed by atoms with E-state index in [0.29, 0.717) is 0 Å².